The second-order valence-corrected chi connectivity index (χ2v) is 6.79. The highest BCUT2D eigenvalue weighted by Gasteiger charge is 2.35. The van der Waals surface area contributed by atoms with Crippen molar-refractivity contribution >= 4 is 10.0 Å². The van der Waals surface area contributed by atoms with Crippen molar-refractivity contribution in [2.75, 3.05) is 13.6 Å². The van der Waals surface area contributed by atoms with Crippen LogP contribution in [-0.4, -0.2) is 37.1 Å². The first-order chi connectivity index (χ1) is 8.99. The minimum Gasteiger partial charge on any atom is -0.346 e. The molecular weight excluding hydrogens is 295 g/mol. The van der Waals surface area contributed by atoms with Gasteiger partial charge in [-0.1, -0.05) is 0 Å². The summed E-state index contributed by atoms with van der Waals surface area (Å²) >= 11 is 0. The van der Waals surface area contributed by atoms with Crippen LogP contribution in [-0.2, 0) is 16.6 Å². The van der Waals surface area contributed by atoms with E-state index in [1.165, 1.54) is 12.3 Å². The van der Waals surface area contributed by atoms with Gasteiger partial charge in [0.25, 0.3) is 0 Å². The van der Waals surface area contributed by atoms with Crippen molar-refractivity contribution < 1.29 is 21.6 Å². The summed E-state index contributed by atoms with van der Waals surface area (Å²) in [6.07, 6.45) is -3.27. The van der Waals surface area contributed by atoms with Gasteiger partial charge in [-0.3, -0.25) is 0 Å². The van der Waals surface area contributed by atoms with Gasteiger partial charge in [-0.15, -0.1) is 0 Å². The molecular formula is C11H18F3N3O2S. The van der Waals surface area contributed by atoms with Crippen LogP contribution in [0.3, 0.4) is 0 Å². The summed E-state index contributed by atoms with van der Waals surface area (Å²) in [6, 6.07) is 1.27. The molecule has 0 aliphatic heterocycles. The van der Waals surface area contributed by atoms with Gasteiger partial charge in [0.2, 0.25) is 10.0 Å². The van der Waals surface area contributed by atoms with E-state index in [2.05, 4.69) is 0 Å². The topological polar surface area (TPSA) is 68.3 Å². The summed E-state index contributed by atoms with van der Waals surface area (Å²) in [5, 5.41) is 0. The fourth-order valence-corrected chi connectivity index (χ4v) is 3.01. The van der Waals surface area contributed by atoms with Crippen LogP contribution in [0.1, 0.15) is 25.6 Å². The number of hydrogen-bond donors (Lipinski definition) is 1. The first-order valence-corrected chi connectivity index (χ1v) is 7.37. The van der Waals surface area contributed by atoms with Gasteiger partial charge in [-0.2, -0.15) is 17.5 Å². The number of sulfonamides is 1. The van der Waals surface area contributed by atoms with E-state index in [1.807, 2.05) is 13.8 Å². The fourth-order valence-electron chi connectivity index (χ4n) is 1.80. The van der Waals surface area contributed by atoms with Crippen LogP contribution < -0.4 is 5.73 Å². The maximum absolute atomic E-state index is 12.3. The Kier molecular flexibility index (Phi) is 4.88. The molecule has 0 saturated heterocycles. The van der Waals surface area contributed by atoms with Crippen LogP contribution in [0.5, 0.6) is 0 Å². The van der Waals surface area contributed by atoms with Gasteiger partial charge in [0.05, 0.1) is 0 Å². The SMILES string of the molecule is CC(C)n1cc(S(=O)(=O)N(C)CC(F)(F)F)cc1CN. The van der Waals surface area contributed by atoms with Crippen molar-refractivity contribution in [2.45, 2.75) is 37.5 Å². The summed E-state index contributed by atoms with van der Waals surface area (Å²) in [4.78, 5) is -0.182. The molecule has 116 valence electrons. The summed E-state index contributed by atoms with van der Waals surface area (Å²) in [6.45, 7) is 2.24. The van der Waals surface area contributed by atoms with Crippen molar-refractivity contribution in [1.29, 1.82) is 0 Å². The molecule has 9 heteroatoms. The number of alkyl halides is 3. The lowest BCUT2D eigenvalue weighted by molar-refractivity contribution is -0.134. The lowest BCUT2D eigenvalue weighted by Crippen LogP contribution is -2.35. The Morgan fingerprint density at radius 1 is 1.40 bits per heavy atom. The zero-order chi connectivity index (χ0) is 15.7. The maximum atomic E-state index is 12.3. The highest BCUT2D eigenvalue weighted by atomic mass is 32.2. The summed E-state index contributed by atoms with van der Waals surface area (Å²) in [5.41, 5.74) is 6.07. The third-order valence-corrected chi connectivity index (χ3v) is 4.55. The largest absolute Gasteiger partial charge is 0.402 e. The monoisotopic (exact) mass is 313 g/mol. The minimum atomic E-state index is -4.58. The van der Waals surface area contributed by atoms with E-state index < -0.39 is 22.7 Å². The minimum absolute atomic E-state index is 0.0366. The van der Waals surface area contributed by atoms with Gasteiger partial charge < -0.3 is 10.3 Å². The van der Waals surface area contributed by atoms with E-state index >= 15 is 0 Å². The van der Waals surface area contributed by atoms with Gasteiger partial charge in [0.15, 0.2) is 0 Å². The molecule has 0 amide bonds. The molecule has 0 saturated carbocycles. The highest BCUT2D eigenvalue weighted by molar-refractivity contribution is 7.89. The molecule has 0 radical (unpaired) electrons. The Morgan fingerprint density at radius 3 is 2.30 bits per heavy atom. The molecule has 5 nitrogen and oxygen atoms in total. The lowest BCUT2D eigenvalue weighted by atomic mass is 10.3. The van der Waals surface area contributed by atoms with E-state index in [1.54, 1.807) is 4.57 Å². The predicted octanol–water partition coefficient (Wildman–Crippen LogP) is 1.71. The van der Waals surface area contributed by atoms with Crippen molar-refractivity contribution in [3.63, 3.8) is 0 Å². The molecule has 0 fully saturated rings. The normalized spacial score (nSPS) is 13.4. The van der Waals surface area contributed by atoms with Gasteiger partial charge >= 0.3 is 6.18 Å². The van der Waals surface area contributed by atoms with Crippen molar-refractivity contribution in [2.24, 2.45) is 5.73 Å². The predicted molar refractivity (Wildman–Crippen MR) is 68.6 cm³/mol. The third kappa shape index (κ3) is 3.74. The third-order valence-electron chi connectivity index (χ3n) is 2.78. The summed E-state index contributed by atoms with van der Waals surface area (Å²) < 4.78 is 63.0. The molecule has 2 N–H and O–H groups in total. The van der Waals surface area contributed by atoms with Gasteiger partial charge in [0.1, 0.15) is 11.4 Å². The van der Waals surface area contributed by atoms with Crippen LogP contribution in [0.25, 0.3) is 0 Å². The standard InChI is InChI=1S/C11H18F3N3O2S/c1-8(2)17-6-10(4-9(17)5-15)20(18,19)16(3)7-11(12,13)14/h4,6,8H,5,7,15H2,1-3H3. The number of nitrogens with two attached hydrogens (primary N) is 1. The van der Waals surface area contributed by atoms with Crippen molar-refractivity contribution in [3.8, 4) is 0 Å². The number of aromatic nitrogens is 1. The highest BCUT2D eigenvalue weighted by Crippen LogP contribution is 2.24. The van der Waals surface area contributed by atoms with Gasteiger partial charge in [-0.25, -0.2) is 8.42 Å². The van der Waals surface area contributed by atoms with Crippen molar-refractivity contribution in [1.82, 2.24) is 8.87 Å². The van der Waals surface area contributed by atoms with Gasteiger partial charge in [0, 0.05) is 31.5 Å². The molecule has 1 rings (SSSR count). The molecule has 1 heterocycles. The van der Waals surface area contributed by atoms with Crippen LogP contribution in [0.4, 0.5) is 13.2 Å². The average Bonchev–Trinajstić information content (AvgIpc) is 2.70. The molecule has 0 aromatic carbocycles. The molecule has 1 aromatic rings. The summed E-state index contributed by atoms with van der Waals surface area (Å²) in [7, 11) is -3.28. The average molecular weight is 313 g/mol. The Morgan fingerprint density at radius 2 is 1.95 bits per heavy atom. The quantitative estimate of drug-likeness (QED) is 0.900. The van der Waals surface area contributed by atoms with E-state index in [4.69, 9.17) is 5.73 Å². The van der Waals surface area contributed by atoms with Crippen LogP contribution >= 0.6 is 0 Å². The Balaban J connectivity index is 3.16. The first-order valence-electron chi connectivity index (χ1n) is 5.93. The fraction of sp³-hybridized carbons (Fsp3) is 0.636. The first kappa shape index (κ1) is 17.0. The number of hydrogen-bond acceptors (Lipinski definition) is 3. The van der Waals surface area contributed by atoms with Crippen LogP contribution in [0, 0.1) is 0 Å². The zero-order valence-electron chi connectivity index (χ0n) is 11.5. The smallest absolute Gasteiger partial charge is 0.346 e. The molecule has 0 spiro atoms. The Labute approximate surface area is 116 Å². The lowest BCUT2D eigenvalue weighted by Gasteiger charge is -2.18. The van der Waals surface area contributed by atoms with E-state index in [-0.39, 0.29) is 21.8 Å². The second-order valence-electron chi connectivity index (χ2n) is 4.75. The zero-order valence-corrected chi connectivity index (χ0v) is 12.3. The molecule has 1 aromatic heterocycles. The van der Waals surface area contributed by atoms with Crippen molar-refractivity contribution in [3.05, 3.63) is 18.0 Å². The molecule has 0 aliphatic carbocycles. The molecule has 0 atom stereocenters. The van der Waals surface area contributed by atoms with Crippen LogP contribution in [0.2, 0.25) is 0 Å². The molecule has 0 unspecified atom stereocenters. The van der Waals surface area contributed by atoms with Crippen LogP contribution in [0.15, 0.2) is 17.2 Å². The Bertz CT molecular complexity index is 564. The molecule has 0 aliphatic rings. The Hall–Kier alpha value is -1.06. The molecule has 0 bridgehead atoms. The van der Waals surface area contributed by atoms with E-state index in [9.17, 15) is 21.6 Å². The number of nitrogens with zero attached hydrogens (tertiary/aromatic N) is 2. The maximum Gasteiger partial charge on any atom is 0.402 e. The second kappa shape index (κ2) is 5.74. The van der Waals surface area contributed by atoms with E-state index in [0.717, 1.165) is 7.05 Å². The number of halogens is 3. The van der Waals surface area contributed by atoms with Gasteiger partial charge in [-0.05, 0) is 19.9 Å². The van der Waals surface area contributed by atoms with E-state index in [0.29, 0.717) is 5.69 Å². The number of rotatable bonds is 5. The molecule has 20 heavy (non-hydrogen) atoms. The summed E-state index contributed by atoms with van der Waals surface area (Å²) in [5.74, 6) is 0.